The molecule has 1 rings (SSSR count). The van der Waals surface area contributed by atoms with Gasteiger partial charge in [0, 0.05) is 5.02 Å². The van der Waals surface area contributed by atoms with Crippen LogP contribution in [0.15, 0.2) is 36.9 Å². The predicted molar refractivity (Wildman–Crippen MR) is 76.3 cm³/mol. The van der Waals surface area contributed by atoms with Crippen molar-refractivity contribution < 1.29 is 18.1 Å². The van der Waals surface area contributed by atoms with Gasteiger partial charge in [0.1, 0.15) is 6.10 Å². The van der Waals surface area contributed by atoms with Gasteiger partial charge in [-0.2, -0.15) is 0 Å². The fraction of sp³-hybridized carbons (Fsp3) is 0.385. The van der Waals surface area contributed by atoms with Crippen molar-refractivity contribution in [3.05, 3.63) is 47.5 Å². The van der Waals surface area contributed by atoms with Gasteiger partial charge in [-0.3, -0.25) is 13.6 Å². The van der Waals surface area contributed by atoms with Crippen molar-refractivity contribution in [3.63, 3.8) is 0 Å². The highest BCUT2D eigenvalue weighted by Gasteiger charge is 2.29. The molecule has 1 aromatic rings. The molecule has 106 valence electrons. The second-order valence-electron chi connectivity index (χ2n) is 3.60. The molecule has 0 aliphatic heterocycles. The molecule has 1 atom stereocenters. The summed E-state index contributed by atoms with van der Waals surface area (Å²) in [5, 5.41) is 0.565. The molecule has 0 saturated heterocycles. The van der Waals surface area contributed by atoms with E-state index in [9.17, 15) is 4.57 Å². The van der Waals surface area contributed by atoms with Gasteiger partial charge in [0.05, 0.1) is 13.2 Å². The molecule has 0 bridgehead atoms. The van der Waals surface area contributed by atoms with Crippen molar-refractivity contribution in [1.82, 2.24) is 0 Å². The molecule has 0 fully saturated rings. The maximum absolute atomic E-state index is 12.3. The molecule has 6 heteroatoms. The second-order valence-corrected chi connectivity index (χ2v) is 5.66. The van der Waals surface area contributed by atoms with E-state index in [1.807, 2.05) is 0 Å². The molecule has 0 amide bonds. The fourth-order valence-corrected chi connectivity index (χ4v) is 2.99. The highest BCUT2D eigenvalue weighted by molar-refractivity contribution is 7.48. The minimum atomic E-state index is -3.59. The molecule has 1 aromatic carbocycles. The number of halogens is 1. The summed E-state index contributed by atoms with van der Waals surface area (Å²) in [7, 11) is -3.59. The lowest BCUT2D eigenvalue weighted by Crippen LogP contribution is -2.05. The summed E-state index contributed by atoms with van der Waals surface area (Å²) in [6, 6.07) is 7.05. The topological polar surface area (TPSA) is 44.8 Å². The van der Waals surface area contributed by atoms with Crippen molar-refractivity contribution in [1.29, 1.82) is 0 Å². The average molecular weight is 305 g/mol. The first-order valence-electron chi connectivity index (χ1n) is 6.00. The first kappa shape index (κ1) is 16.4. The summed E-state index contributed by atoms with van der Waals surface area (Å²) >= 11 is 5.92. The van der Waals surface area contributed by atoms with Crippen LogP contribution in [0.4, 0.5) is 0 Å². The van der Waals surface area contributed by atoms with Crippen LogP contribution in [0, 0.1) is 0 Å². The van der Waals surface area contributed by atoms with Gasteiger partial charge in [-0.15, -0.1) is 6.58 Å². The Kier molecular flexibility index (Phi) is 6.76. The Morgan fingerprint density at radius 3 is 2.47 bits per heavy atom. The van der Waals surface area contributed by atoms with Crippen LogP contribution in [0.25, 0.3) is 0 Å². The number of phosphoric ester groups is 1. The van der Waals surface area contributed by atoms with Crippen LogP contribution in [-0.4, -0.2) is 13.2 Å². The Labute approximate surface area is 118 Å². The summed E-state index contributed by atoms with van der Waals surface area (Å²) < 4.78 is 27.9. The van der Waals surface area contributed by atoms with Crippen LogP contribution < -0.4 is 0 Å². The lowest BCUT2D eigenvalue weighted by molar-refractivity contribution is 0.101. The molecule has 0 spiro atoms. The highest BCUT2D eigenvalue weighted by Crippen LogP contribution is 2.53. The van der Waals surface area contributed by atoms with Gasteiger partial charge >= 0.3 is 7.82 Å². The third kappa shape index (κ3) is 5.09. The van der Waals surface area contributed by atoms with E-state index >= 15 is 0 Å². The van der Waals surface area contributed by atoms with E-state index in [4.69, 9.17) is 25.2 Å². The van der Waals surface area contributed by atoms with Gasteiger partial charge < -0.3 is 0 Å². The third-order valence-electron chi connectivity index (χ3n) is 2.21. The molecule has 0 aromatic heterocycles. The van der Waals surface area contributed by atoms with Gasteiger partial charge in [-0.25, -0.2) is 4.57 Å². The van der Waals surface area contributed by atoms with Crippen LogP contribution in [0.2, 0.25) is 5.02 Å². The molecule has 1 unspecified atom stereocenters. The third-order valence-corrected chi connectivity index (χ3v) is 4.08. The monoisotopic (exact) mass is 304 g/mol. The van der Waals surface area contributed by atoms with Crippen LogP contribution in [0.3, 0.4) is 0 Å². The highest BCUT2D eigenvalue weighted by atomic mass is 35.5. The van der Waals surface area contributed by atoms with Crippen LogP contribution >= 0.6 is 19.4 Å². The number of hydrogen-bond acceptors (Lipinski definition) is 4. The molecule has 0 aliphatic carbocycles. The zero-order valence-electron chi connectivity index (χ0n) is 11.0. The first-order chi connectivity index (χ1) is 9.04. The van der Waals surface area contributed by atoms with E-state index in [1.54, 1.807) is 38.1 Å². The standard InChI is InChI=1S/C13H18ClO4P/c1-4-13(11-8-7-9-12(14)10-11)18-19(15,16-5-2)17-6-3/h4,7-10,13H,1,5-6H2,2-3H3. The van der Waals surface area contributed by atoms with Gasteiger partial charge in [-0.05, 0) is 31.5 Å². The molecule has 0 heterocycles. The zero-order chi connectivity index (χ0) is 14.3. The molecule has 0 radical (unpaired) electrons. The number of hydrogen-bond donors (Lipinski definition) is 0. The van der Waals surface area contributed by atoms with E-state index in [2.05, 4.69) is 6.58 Å². The summed E-state index contributed by atoms with van der Waals surface area (Å²) in [5.74, 6) is 0. The molecular formula is C13H18ClO4P. The maximum Gasteiger partial charge on any atom is 0.475 e. The van der Waals surface area contributed by atoms with Crippen molar-refractivity contribution in [2.45, 2.75) is 20.0 Å². The van der Waals surface area contributed by atoms with Crippen molar-refractivity contribution in [3.8, 4) is 0 Å². The summed E-state index contributed by atoms with van der Waals surface area (Å²) in [5.41, 5.74) is 0.738. The Hall–Kier alpha value is -0.640. The quantitative estimate of drug-likeness (QED) is 0.513. The Morgan fingerprint density at radius 1 is 1.37 bits per heavy atom. The van der Waals surface area contributed by atoms with Gasteiger partial charge in [0.25, 0.3) is 0 Å². The first-order valence-corrected chi connectivity index (χ1v) is 7.84. The summed E-state index contributed by atoms with van der Waals surface area (Å²) in [6.45, 7) is 7.58. The van der Waals surface area contributed by atoms with Gasteiger partial charge in [0.2, 0.25) is 0 Å². The Morgan fingerprint density at radius 2 is 2.00 bits per heavy atom. The fourth-order valence-electron chi connectivity index (χ4n) is 1.48. The molecule has 19 heavy (non-hydrogen) atoms. The minimum Gasteiger partial charge on any atom is -0.287 e. The molecule has 0 saturated carbocycles. The van der Waals surface area contributed by atoms with Crippen LogP contribution in [0.1, 0.15) is 25.5 Å². The van der Waals surface area contributed by atoms with E-state index in [-0.39, 0.29) is 13.2 Å². The summed E-state index contributed by atoms with van der Waals surface area (Å²) in [4.78, 5) is 0. The van der Waals surface area contributed by atoms with E-state index < -0.39 is 13.9 Å². The smallest absolute Gasteiger partial charge is 0.287 e. The number of phosphoric acid groups is 1. The SMILES string of the molecule is C=CC(OP(=O)(OCC)OCC)c1cccc(Cl)c1. The predicted octanol–water partition coefficient (Wildman–Crippen LogP) is 4.76. The van der Waals surface area contributed by atoms with E-state index in [1.165, 1.54) is 6.08 Å². The molecule has 0 N–H and O–H groups in total. The second kappa shape index (κ2) is 7.83. The largest absolute Gasteiger partial charge is 0.475 e. The average Bonchev–Trinajstić information content (AvgIpc) is 2.36. The lowest BCUT2D eigenvalue weighted by Gasteiger charge is -2.21. The van der Waals surface area contributed by atoms with Crippen molar-refractivity contribution >= 4 is 19.4 Å². The van der Waals surface area contributed by atoms with Crippen molar-refractivity contribution in [2.24, 2.45) is 0 Å². The van der Waals surface area contributed by atoms with Crippen LogP contribution in [-0.2, 0) is 18.1 Å². The van der Waals surface area contributed by atoms with E-state index in [0.29, 0.717) is 5.02 Å². The van der Waals surface area contributed by atoms with E-state index in [0.717, 1.165) is 5.56 Å². The Balaban J connectivity index is 2.91. The minimum absolute atomic E-state index is 0.233. The zero-order valence-corrected chi connectivity index (χ0v) is 12.7. The maximum atomic E-state index is 12.3. The van der Waals surface area contributed by atoms with Crippen molar-refractivity contribution in [2.75, 3.05) is 13.2 Å². The van der Waals surface area contributed by atoms with Gasteiger partial charge in [0.15, 0.2) is 0 Å². The number of benzene rings is 1. The number of rotatable bonds is 8. The normalized spacial score (nSPS) is 13.2. The lowest BCUT2D eigenvalue weighted by atomic mass is 10.1. The van der Waals surface area contributed by atoms with Crippen LogP contribution in [0.5, 0.6) is 0 Å². The molecular weight excluding hydrogens is 287 g/mol. The molecule has 0 aliphatic rings. The Bertz CT molecular complexity index is 454. The molecule has 4 nitrogen and oxygen atoms in total. The summed E-state index contributed by atoms with van der Waals surface area (Å²) in [6.07, 6.45) is 0.915. The van der Waals surface area contributed by atoms with Gasteiger partial charge in [-0.1, -0.05) is 29.8 Å².